The van der Waals surface area contributed by atoms with E-state index in [0.717, 1.165) is 12.1 Å². The highest BCUT2D eigenvalue weighted by Gasteiger charge is 2.24. The number of hydrogen-bond acceptors (Lipinski definition) is 8. The number of benzene rings is 3. The van der Waals surface area contributed by atoms with Gasteiger partial charge in [-0.05, 0) is 42.0 Å². The van der Waals surface area contributed by atoms with E-state index < -0.39 is 26.3 Å². The van der Waals surface area contributed by atoms with Gasteiger partial charge in [-0.3, -0.25) is 0 Å². The molecule has 0 unspecified atom stereocenters. The summed E-state index contributed by atoms with van der Waals surface area (Å²) in [5, 5.41) is 6.29. The molecule has 2 N–H and O–H groups in total. The Morgan fingerprint density at radius 1 is 1.09 bits per heavy atom. The molecule has 178 valence electrons. The van der Waals surface area contributed by atoms with Gasteiger partial charge in [0.25, 0.3) is 0 Å². The number of aromatic nitrogens is 2. The summed E-state index contributed by atoms with van der Waals surface area (Å²) in [6, 6.07) is 12.1. The number of sulfone groups is 1. The molecule has 0 bridgehead atoms. The van der Waals surface area contributed by atoms with Crippen LogP contribution in [0.3, 0.4) is 0 Å². The normalized spacial score (nSPS) is 11.7. The largest absolute Gasteiger partial charge is 0.455 e. The first kappa shape index (κ1) is 23.6. The Hall–Kier alpha value is -3.18. The number of halogens is 3. The summed E-state index contributed by atoms with van der Waals surface area (Å²) < 4.78 is 51.4. The molecule has 12 heteroatoms. The maximum Gasteiger partial charge on any atom is 0.187 e. The fraction of sp³-hybridized carbons (Fsp3) is 0.0435. The van der Waals surface area contributed by atoms with Gasteiger partial charge in [0.05, 0.1) is 27.4 Å². The number of rotatable bonds is 6. The highest BCUT2D eigenvalue weighted by atomic mass is 35.5. The van der Waals surface area contributed by atoms with Crippen molar-refractivity contribution >= 4 is 61.2 Å². The molecule has 0 aliphatic rings. The van der Waals surface area contributed by atoms with Crippen molar-refractivity contribution in [1.82, 2.24) is 10.1 Å². The molecule has 2 heterocycles. The van der Waals surface area contributed by atoms with Gasteiger partial charge in [0.2, 0.25) is 0 Å². The van der Waals surface area contributed by atoms with E-state index in [4.69, 9.17) is 38.2 Å². The minimum atomic E-state index is -4.02. The summed E-state index contributed by atoms with van der Waals surface area (Å²) in [4.78, 5) is 3.42. The van der Waals surface area contributed by atoms with E-state index >= 15 is 0 Å². The van der Waals surface area contributed by atoms with E-state index in [-0.39, 0.29) is 16.6 Å². The topological polar surface area (TPSA) is 108 Å². The van der Waals surface area contributed by atoms with Crippen LogP contribution in [-0.4, -0.2) is 18.6 Å². The van der Waals surface area contributed by atoms with Crippen molar-refractivity contribution in [3.05, 3.63) is 81.0 Å². The predicted octanol–water partition coefficient (Wildman–Crippen LogP) is 6.75. The van der Waals surface area contributed by atoms with Crippen LogP contribution in [0.5, 0.6) is 11.5 Å². The lowest BCUT2D eigenvalue weighted by Gasteiger charge is -2.14. The van der Waals surface area contributed by atoms with Crippen LogP contribution in [0, 0.1) is 5.82 Å². The Morgan fingerprint density at radius 2 is 1.91 bits per heavy atom. The first-order valence-electron chi connectivity index (χ1n) is 9.93. The molecule has 0 saturated carbocycles. The minimum absolute atomic E-state index is 0.0640. The quantitative estimate of drug-likeness (QED) is 0.249. The van der Waals surface area contributed by atoms with E-state index in [1.54, 1.807) is 41.8 Å². The van der Waals surface area contributed by atoms with Gasteiger partial charge in [-0.15, -0.1) is 11.3 Å². The standard InChI is InChI=1S/C23H14Cl2FN3O4S2/c24-13-2-4-19(15(6-13)12-1-3-20-16(5-12)23(27)29-33-20)32-21-8-18(26)22(7-17(21)25)35(30,31)10-14-9-34-11-28-14/h1-9,11H,10H2,(H2,27,29). The van der Waals surface area contributed by atoms with E-state index in [2.05, 4.69) is 10.1 Å². The third kappa shape index (κ3) is 4.70. The fourth-order valence-electron chi connectivity index (χ4n) is 3.47. The average Bonchev–Trinajstić information content (AvgIpc) is 3.46. The molecule has 0 spiro atoms. The van der Waals surface area contributed by atoms with Crippen molar-refractivity contribution < 1.29 is 22.1 Å². The molecule has 0 saturated heterocycles. The molecule has 35 heavy (non-hydrogen) atoms. The number of fused-ring (bicyclic) bond motifs is 1. The van der Waals surface area contributed by atoms with E-state index in [1.165, 1.54) is 16.8 Å². The van der Waals surface area contributed by atoms with Gasteiger partial charge in [-0.1, -0.05) is 34.4 Å². The molecule has 5 rings (SSSR count). The average molecular weight is 550 g/mol. The van der Waals surface area contributed by atoms with Crippen molar-refractivity contribution in [3.63, 3.8) is 0 Å². The molecule has 0 atom stereocenters. The lowest BCUT2D eigenvalue weighted by atomic mass is 10.0. The zero-order valence-corrected chi connectivity index (χ0v) is 20.7. The number of thiazole rings is 1. The molecular formula is C23H14Cl2FN3O4S2. The van der Waals surface area contributed by atoms with Crippen LogP contribution in [0.4, 0.5) is 10.2 Å². The second-order valence-corrected chi connectivity index (χ2v) is 11.0. The Morgan fingerprint density at radius 3 is 2.69 bits per heavy atom. The molecule has 3 aromatic carbocycles. The van der Waals surface area contributed by atoms with Crippen LogP contribution in [0.1, 0.15) is 5.69 Å². The van der Waals surface area contributed by atoms with Gasteiger partial charge in [0.15, 0.2) is 21.2 Å². The third-order valence-corrected chi connectivity index (χ3v) is 7.94. The molecule has 0 fully saturated rings. The Kier molecular flexibility index (Phi) is 6.14. The summed E-state index contributed by atoms with van der Waals surface area (Å²) in [5.41, 5.74) is 9.45. The van der Waals surface area contributed by atoms with E-state index in [9.17, 15) is 12.8 Å². The number of hydrogen-bond donors (Lipinski definition) is 1. The smallest absolute Gasteiger partial charge is 0.187 e. The van der Waals surface area contributed by atoms with Crippen molar-refractivity contribution in [3.8, 4) is 22.6 Å². The third-order valence-electron chi connectivity index (χ3n) is 5.11. The van der Waals surface area contributed by atoms with E-state index in [0.29, 0.717) is 38.6 Å². The van der Waals surface area contributed by atoms with Gasteiger partial charge in [-0.2, -0.15) is 0 Å². The van der Waals surface area contributed by atoms with Crippen LogP contribution >= 0.6 is 34.5 Å². The number of ether oxygens (including phenoxy) is 1. The molecule has 0 aliphatic heterocycles. The molecule has 0 radical (unpaired) electrons. The maximum atomic E-state index is 14.9. The predicted molar refractivity (Wildman–Crippen MR) is 133 cm³/mol. The highest BCUT2D eigenvalue weighted by molar-refractivity contribution is 7.90. The van der Waals surface area contributed by atoms with Crippen LogP contribution < -0.4 is 10.5 Å². The van der Waals surface area contributed by atoms with Crippen LogP contribution in [-0.2, 0) is 15.6 Å². The molecule has 0 aliphatic carbocycles. The second kappa shape index (κ2) is 9.12. The van der Waals surface area contributed by atoms with Crippen molar-refractivity contribution in [1.29, 1.82) is 0 Å². The number of nitrogen functional groups attached to an aromatic ring is 1. The lowest BCUT2D eigenvalue weighted by molar-refractivity contribution is 0.460. The van der Waals surface area contributed by atoms with Crippen molar-refractivity contribution in [2.45, 2.75) is 10.6 Å². The first-order valence-corrected chi connectivity index (χ1v) is 13.3. The molecular weight excluding hydrogens is 536 g/mol. The number of nitrogens with zero attached hydrogens (tertiary/aromatic N) is 2. The Balaban J connectivity index is 1.52. The van der Waals surface area contributed by atoms with E-state index in [1.807, 2.05) is 0 Å². The van der Waals surface area contributed by atoms with Gasteiger partial charge in [0, 0.05) is 22.0 Å². The van der Waals surface area contributed by atoms with Crippen molar-refractivity contribution in [2.24, 2.45) is 0 Å². The monoisotopic (exact) mass is 549 g/mol. The summed E-state index contributed by atoms with van der Waals surface area (Å²) in [6.07, 6.45) is 0. The van der Waals surface area contributed by atoms with Gasteiger partial charge < -0.3 is 15.0 Å². The lowest BCUT2D eigenvalue weighted by Crippen LogP contribution is -2.08. The van der Waals surface area contributed by atoms with Crippen LogP contribution in [0.25, 0.3) is 22.1 Å². The van der Waals surface area contributed by atoms with Crippen molar-refractivity contribution in [2.75, 3.05) is 5.73 Å². The Labute approximate surface area is 212 Å². The van der Waals surface area contributed by atoms with Crippen LogP contribution in [0.2, 0.25) is 10.0 Å². The zero-order chi connectivity index (χ0) is 24.7. The second-order valence-electron chi connectivity index (χ2n) is 7.47. The highest BCUT2D eigenvalue weighted by Crippen LogP contribution is 2.40. The zero-order valence-electron chi connectivity index (χ0n) is 17.5. The summed E-state index contributed by atoms with van der Waals surface area (Å²) in [6.45, 7) is 0. The fourth-order valence-corrected chi connectivity index (χ4v) is 5.93. The Bertz CT molecular complexity index is 1670. The summed E-state index contributed by atoms with van der Waals surface area (Å²) in [7, 11) is -4.02. The molecule has 2 aromatic heterocycles. The molecule has 5 aromatic rings. The first-order chi connectivity index (χ1) is 16.7. The number of nitrogens with two attached hydrogens (primary N) is 1. The molecule has 0 amide bonds. The van der Waals surface area contributed by atoms with Crippen LogP contribution in [0.15, 0.2) is 68.8 Å². The van der Waals surface area contributed by atoms with Gasteiger partial charge in [-0.25, -0.2) is 17.8 Å². The van der Waals surface area contributed by atoms with Gasteiger partial charge in [0.1, 0.15) is 22.2 Å². The minimum Gasteiger partial charge on any atom is -0.455 e. The maximum absolute atomic E-state index is 14.9. The SMILES string of the molecule is Nc1noc2ccc(-c3cc(Cl)ccc3Oc3cc(F)c(S(=O)(=O)Cc4cscn4)cc3Cl)cc12. The van der Waals surface area contributed by atoms with Gasteiger partial charge >= 0.3 is 0 Å². The molecule has 7 nitrogen and oxygen atoms in total. The summed E-state index contributed by atoms with van der Waals surface area (Å²) in [5.74, 6) is -0.964. The summed E-state index contributed by atoms with van der Waals surface area (Å²) >= 11 is 13.8. The number of anilines is 1.